The van der Waals surface area contributed by atoms with Crippen LogP contribution in [-0.2, 0) is 30.6 Å². The van der Waals surface area contributed by atoms with Gasteiger partial charge in [-0.2, -0.15) is 13.2 Å². The van der Waals surface area contributed by atoms with E-state index in [9.17, 15) is 22.8 Å². The fraction of sp³-hybridized carbons (Fsp3) is 0.370. The Morgan fingerprint density at radius 1 is 0.946 bits per heavy atom. The summed E-state index contributed by atoms with van der Waals surface area (Å²) in [4.78, 5) is 34.5. The van der Waals surface area contributed by atoms with Gasteiger partial charge in [-0.05, 0) is 24.1 Å². The first-order chi connectivity index (χ1) is 17.6. The number of aryl methyl sites for hydroxylation is 1. The standard InChI is InChI=1S/C27H29F3N4O2S/c1-19-6-8-21(9-7-19)15-32(16-22-4-3-5-23(14-22)27(28,29)30)17-25-31-24(18-37-25)26(36)34-12-10-33(11-13-34)20(2)35/h3-9,14,18H,10-13,15-17H2,1-2H3. The largest absolute Gasteiger partial charge is 0.416 e. The van der Waals surface area contributed by atoms with Gasteiger partial charge in [0.05, 0.1) is 12.1 Å². The summed E-state index contributed by atoms with van der Waals surface area (Å²) < 4.78 is 39.8. The van der Waals surface area contributed by atoms with Crippen molar-refractivity contribution in [3.05, 3.63) is 86.9 Å². The molecule has 1 fully saturated rings. The van der Waals surface area contributed by atoms with Crippen LogP contribution in [0.5, 0.6) is 0 Å². The first kappa shape index (κ1) is 26.8. The van der Waals surface area contributed by atoms with E-state index in [1.54, 1.807) is 21.2 Å². The van der Waals surface area contributed by atoms with Crippen molar-refractivity contribution in [2.24, 2.45) is 0 Å². The maximum Gasteiger partial charge on any atom is 0.416 e. The monoisotopic (exact) mass is 530 g/mol. The second kappa shape index (κ2) is 11.4. The molecule has 0 bridgehead atoms. The molecular formula is C27H29F3N4O2S. The van der Waals surface area contributed by atoms with Crippen LogP contribution in [0.3, 0.4) is 0 Å². The molecule has 3 aromatic rings. The van der Waals surface area contributed by atoms with Crippen molar-refractivity contribution in [1.82, 2.24) is 19.7 Å². The number of halogens is 3. The maximum absolute atomic E-state index is 13.3. The predicted octanol–water partition coefficient (Wildman–Crippen LogP) is 4.98. The van der Waals surface area contributed by atoms with E-state index in [0.29, 0.717) is 62.1 Å². The summed E-state index contributed by atoms with van der Waals surface area (Å²) in [6.07, 6.45) is -4.40. The van der Waals surface area contributed by atoms with Crippen molar-refractivity contribution < 1.29 is 22.8 Å². The average molecular weight is 531 g/mol. The molecule has 0 atom stereocenters. The summed E-state index contributed by atoms with van der Waals surface area (Å²) in [5, 5.41) is 2.44. The molecule has 196 valence electrons. The van der Waals surface area contributed by atoms with Crippen LogP contribution in [0.4, 0.5) is 13.2 Å². The Hall–Kier alpha value is -3.24. The number of alkyl halides is 3. The molecule has 37 heavy (non-hydrogen) atoms. The number of piperazine rings is 1. The highest BCUT2D eigenvalue weighted by Crippen LogP contribution is 2.30. The third-order valence-electron chi connectivity index (χ3n) is 6.33. The number of amides is 2. The minimum Gasteiger partial charge on any atom is -0.339 e. The molecule has 0 N–H and O–H groups in total. The van der Waals surface area contributed by atoms with Gasteiger partial charge in [0.15, 0.2) is 0 Å². The lowest BCUT2D eigenvalue weighted by atomic mass is 10.1. The summed E-state index contributed by atoms with van der Waals surface area (Å²) in [5.41, 5.74) is 2.39. The predicted molar refractivity (Wildman–Crippen MR) is 136 cm³/mol. The molecule has 10 heteroatoms. The number of hydrogen-bond donors (Lipinski definition) is 0. The second-order valence-corrected chi connectivity index (χ2v) is 10.2. The van der Waals surface area contributed by atoms with Crippen LogP contribution in [0, 0.1) is 6.92 Å². The van der Waals surface area contributed by atoms with Gasteiger partial charge in [-0.3, -0.25) is 14.5 Å². The van der Waals surface area contributed by atoms with Gasteiger partial charge < -0.3 is 9.80 Å². The van der Waals surface area contributed by atoms with Gasteiger partial charge in [-0.15, -0.1) is 11.3 Å². The van der Waals surface area contributed by atoms with Crippen molar-refractivity contribution in [2.75, 3.05) is 26.2 Å². The van der Waals surface area contributed by atoms with Crippen LogP contribution in [0.1, 0.15) is 44.7 Å². The lowest BCUT2D eigenvalue weighted by Crippen LogP contribution is -2.50. The van der Waals surface area contributed by atoms with E-state index < -0.39 is 11.7 Å². The van der Waals surface area contributed by atoms with E-state index in [2.05, 4.69) is 4.98 Å². The Morgan fingerprint density at radius 2 is 1.59 bits per heavy atom. The topological polar surface area (TPSA) is 56.8 Å². The van der Waals surface area contributed by atoms with E-state index in [1.807, 2.05) is 36.1 Å². The van der Waals surface area contributed by atoms with Gasteiger partial charge >= 0.3 is 6.18 Å². The van der Waals surface area contributed by atoms with Gasteiger partial charge in [0.2, 0.25) is 5.91 Å². The highest BCUT2D eigenvalue weighted by molar-refractivity contribution is 7.09. The normalized spacial score (nSPS) is 14.3. The van der Waals surface area contributed by atoms with Gasteiger partial charge in [-0.25, -0.2) is 4.98 Å². The first-order valence-electron chi connectivity index (χ1n) is 12.0. The van der Waals surface area contributed by atoms with Crippen molar-refractivity contribution in [3.63, 3.8) is 0 Å². The van der Waals surface area contributed by atoms with E-state index in [0.717, 1.165) is 17.2 Å². The summed E-state index contributed by atoms with van der Waals surface area (Å²) in [7, 11) is 0. The van der Waals surface area contributed by atoms with Crippen LogP contribution in [0.2, 0.25) is 0 Å². The van der Waals surface area contributed by atoms with Crippen LogP contribution in [-0.4, -0.2) is 57.7 Å². The zero-order chi connectivity index (χ0) is 26.6. The van der Waals surface area contributed by atoms with Crippen LogP contribution >= 0.6 is 11.3 Å². The van der Waals surface area contributed by atoms with Crippen LogP contribution in [0.15, 0.2) is 53.9 Å². The molecule has 0 aliphatic carbocycles. The van der Waals surface area contributed by atoms with Crippen molar-refractivity contribution in [2.45, 2.75) is 39.7 Å². The molecule has 2 amide bonds. The fourth-order valence-electron chi connectivity index (χ4n) is 4.28. The number of carbonyl (C=O) groups is 2. The molecule has 0 saturated carbocycles. The number of aromatic nitrogens is 1. The summed E-state index contributed by atoms with van der Waals surface area (Å²) >= 11 is 1.36. The fourth-order valence-corrected chi connectivity index (χ4v) is 5.09. The van der Waals surface area contributed by atoms with Crippen molar-refractivity contribution >= 4 is 23.2 Å². The van der Waals surface area contributed by atoms with E-state index in [4.69, 9.17) is 0 Å². The zero-order valence-electron chi connectivity index (χ0n) is 20.8. The molecule has 6 nitrogen and oxygen atoms in total. The number of rotatable bonds is 7. The van der Waals surface area contributed by atoms with Crippen LogP contribution < -0.4 is 0 Å². The lowest BCUT2D eigenvalue weighted by Gasteiger charge is -2.33. The van der Waals surface area contributed by atoms with Gasteiger partial charge in [0.25, 0.3) is 5.91 Å². The number of benzene rings is 2. The Labute approximate surface area is 218 Å². The first-order valence-corrected chi connectivity index (χ1v) is 12.9. The Morgan fingerprint density at radius 3 is 2.24 bits per heavy atom. The highest BCUT2D eigenvalue weighted by Gasteiger charge is 2.30. The summed E-state index contributed by atoms with van der Waals surface area (Å²) in [5.74, 6) is -0.175. The molecule has 1 aromatic heterocycles. The third-order valence-corrected chi connectivity index (χ3v) is 7.16. The molecule has 0 unspecified atom stereocenters. The third kappa shape index (κ3) is 7.17. The molecular weight excluding hydrogens is 501 g/mol. The molecule has 0 radical (unpaired) electrons. The van der Waals surface area contributed by atoms with Gasteiger partial charge in [-0.1, -0.05) is 48.0 Å². The number of carbonyl (C=O) groups excluding carboxylic acids is 2. The molecule has 4 rings (SSSR count). The Kier molecular flexibility index (Phi) is 8.29. The van der Waals surface area contributed by atoms with Gasteiger partial charge in [0, 0.05) is 51.6 Å². The molecule has 0 spiro atoms. The summed E-state index contributed by atoms with van der Waals surface area (Å²) in [6.45, 7) is 6.64. The minimum absolute atomic E-state index is 0.00233. The number of nitrogens with zero attached hydrogens (tertiary/aromatic N) is 4. The molecule has 1 saturated heterocycles. The Balaban J connectivity index is 1.48. The molecule has 1 aliphatic rings. The number of thiazole rings is 1. The quantitative estimate of drug-likeness (QED) is 0.433. The average Bonchev–Trinajstić information content (AvgIpc) is 3.33. The molecule has 2 aromatic carbocycles. The smallest absolute Gasteiger partial charge is 0.339 e. The Bertz CT molecular complexity index is 1230. The zero-order valence-corrected chi connectivity index (χ0v) is 21.6. The maximum atomic E-state index is 13.3. The van der Waals surface area contributed by atoms with Crippen molar-refractivity contribution in [1.29, 1.82) is 0 Å². The lowest BCUT2D eigenvalue weighted by molar-refractivity contribution is -0.137. The van der Waals surface area contributed by atoms with E-state index >= 15 is 0 Å². The molecule has 1 aliphatic heterocycles. The van der Waals surface area contributed by atoms with Crippen molar-refractivity contribution in [3.8, 4) is 0 Å². The number of hydrogen-bond acceptors (Lipinski definition) is 5. The molecule has 2 heterocycles. The van der Waals surface area contributed by atoms with Gasteiger partial charge in [0.1, 0.15) is 10.7 Å². The van der Waals surface area contributed by atoms with Crippen LogP contribution in [0.25, 0.3) is 0 Å². The van der Waals surface area contributed by atoms with E-state index in [1.165, 1.54) is 30.4 Å². The SMILES string of the molecule is CC(=O)N1CCN(C(=O)c2csc(CN(Cc3ccc(C)cc3)Cc3cccc(C(F)(F)F)c3)n2)CC1. The highest BCUT2D eigenvalue weighted by atomic mass is 32.1. The summed E-state index contributed by atoms with van der Waals surface area (Å²) in [6, 6.07) is 13.4. The second-order valence-electron chi connectivity index (χ2n) is 9.25. The van der Waals surface area contributed by atoms with E-state index in [-0.39, 0.29) is 11.8 Å². The minimum atomic E-state index is -4.40.